The van der Waals surface area contributed by atoms with Crippen LogP contribution in [0.15, 0.2) is 42.5 Å². The molecule has 0 radical (unpaired) electrons. The van der Waals surface area contributed by atoms with E-state index in [4.69, 9.17) is 16.3 Å². The molecule has 0 unspecified atom stereocenters. The summed E-state index contributed by atoms with van der Waals surface area (Å²) in [5, 5.41) is -0.414. The van der Waals surface area contributed by atoms with Crippen molar-refractivity contribution >= 4 is 23.2 Å². The molecule has 0 aromatic heterocycles. The van der Waals surface area contributed by atoms with E-state index in [1.807, 2.05) is 19.0 Å². The zero-order valence-electron chi connectivity index (χ0n) is 15.2. The highest BCUT2D eigenvalue weighted by Gasteiger charge is 2.34. The number of amides is 1. The normalized spacial score (nSPS) is 11.6. The molecule has 4 nitrogen and oxygen atoms in total. The van der Waals surface area contributed by atoms with Crippen LogP contribution in [-0.4, -0.2) is 45.1 Å². The van der Waals surface area contributed by atoms with Gasteiger partial charge >= 0.3 is 6.18 Å². The van der Waals surface area contributed by atoms with E-state index in [1.165, 1.54) is 13.1 Å². The molecule has 0 heterocycles. The Bertz CT molecular complexity index is 810. The monoisotopic (exact) mass is 400 g/mol. The molecule has 0 N–H and O–H groups in total. The van der Waals surface area contributed by atoms with Crippen LogP contribution in [0.3, 0.4) is 0 Å². The molecule has 0 atom stereocenters. The molecule has 146 valence electrons. The first kappa shape index (κ1) is 21.1. The molecule has 2 aromatic carbocycles. The van der Waals surface area contributed by atoms with Crippen LogP contribution in [0.25, 0.3) is 0 Å². The van der Waals surface area contributed by atoms with Crippen molar-refractivity contribution in [3.63, 3.8) is 0 Å². The summed E-state index contributed by atoms with van der Waals surface area (Å²) in [6.45, 7) is 1.16. The number of halogens is 4. The number of carbonyl (C=O) groups excluding carboxylic acids is 1. The molecule has 2 rings (SSSR count). The van der Waals surface area contributed by atoms with E-state index < -0.39 is 22.7 Å². The molecule has 0 aliphatic heterocycles. The number of ether oxygens (including phenoxy) is 1. The molecule has 0 aliphatic carbocycles. The van der Waals surface area contributed by atoms with Gasteiger partial charge in [-0.3, -0.25) is 4.79 Å². The average Bonchev–Trinajstić information content (AvgIpc) is 2.60. The van der Waals surface area contributed by atoms with E-state index in [0.29, 0.717) is 24.5 Å². The summed E-state index contributed by atoms with van der Waals surface area (Å²) in [5.74, 6) is 0.0618. The number of hydrogen-bond acceptors (Lipinski definition) is 3. The molecule has 1 amide bonds. The van der Waals surface area contributed by atoms with Crippen LogP contribution < -0.4 is 9.64 Å². The lowest BCUT2D eigenvalue weighted by molar-refractivity contribution is -0.137. The number of benzene rings is 2. The van der Waals surface area contributed by atoms with Crippen LogP contribution >= 0.6 is 11.6 Å². The average molecular weight is 401 g/mol. The zero-order valence-corrected chi connectivity index (χ0v) is 15.9. The van der Waals surface area contributed by atoms with Crippen LogP contribution in [0.1, 0.15) is 15.9 Å². The van der Waals surface area contributed by atoms with Gasteiger partial charge in [0.1, 0.15) is 12.4 Å². The Morgan fingerprint density at radius 3 is 2.44 bits per heavy atom. The number of likely N-dealkylation sites (N-methyl/N-ethyl adjacent to an activating group) is 1. The molecule has 0 aliphatic rings. The van der Waals surface area contributed by atoms with Gasteiger partial charge in [0.15, 0.2) is 0 Å². The number of alkyl halides is 3. The number of nitrogens with zero attached hydrogens (tertiary/aromatic N) is 2. The molecule has 0 saturated heterocycles. The maximum atomic E-state index is 13.0. The summed E-state index contributed by atoms with van der Waals surface area (Å²) in [5.41, 5.74) is -0.582. The number of carbonyl (C=O) groups is 1. The van der Waals surface area contributed by atoms with Gasteiger partial charge in [-0.25, -0.2) is 0 Å². The van der Waals surface area contributed by atoms with E-state index in [1.54, 1.807) is 24.3 Å². The molecule has 8 heteroatoms. The predicted octanol–water partition coefficient (Wildman–Crippen LogP) is 4.58. The lowest BCUT2D eigenvalue weighted by atomic mass is 10.1. The second-order valence-electron chi connectivity index (χ2n) is 6.21. The minimum Gasteiger partial charge on any atom is -0.492 e. The van der Waals surface area contributed by atoms with Gasteiger partial charge in [-0.15, -0.1) is 0 Å². The van der Waals surface area contributed by atoms with Gasteiger partial charge in [-0.1, -0.05) is 17.7 Å². The van der Waals surface area contributed by atoms with Crippen molar-refractivity contribution in [1.82, 2.24) is 4.90 Å². The minimum absolute atomic E-state index is 0.0932. The molecule has 0 saturated carbocycles. The maximum absolute atomic E-state index is 13.0. The second-order valence-corrected chi connectivity index (χ2v) is 6.61. The first-order valence-electron chi connectivity index (χ1n) is 8.12. The molecular weight excluding hydrogens is 381 g/mol. The molecule has 27 heavy (non-hydrogen) atoms. The summed E-state index contributed by atoms with van der Waals surface area (Å²) >= 11 is 5.63. The number of anilines is 1. The third kappa shape index (κ3) is 5.61. The van der Waals surface area contributed by atoms with Gasteiger partial charge < -0.3 is 14.5 Å². The fourth-order valence-corrected chi connectivity index (χ4v) is 2.54. The predicted molar refractivity (Wildman–Crippen MR) is 99.7 cm³/mol. The van der Waals surface area contributed by atoms with E-state index >= 15 is 0 Å². The summed E-state index contributed by atoms with van der Waals surface area (Å²) in [4.78, 5) is 15.8. The SMILES string of the molecule is CN(C)CCOc1cccc(C(=O)N(C)c2ccc(Cl)c(C(F)(F)F)c2)c1. The van der Waals surface area contributed by atoms with Crippen LogP contribution in [-0.2, 0) is 6.18 Å². The molecule has 0 fully saturated rings. The lowest BCUT2D eigenvalue weighted by Gasteiger charge is -2.20. The Hall–Kier alpha value is -2.25. The van der Waals surface area contributed by atoms with Gasteiger partial charge in [-0.05, 0) is 50.5 Å². The topological polar surface area (TPSA) is 32.8 Å². The van der Waals surface area contributed by atoms with Gasteiger partial charge in [0, 0.05) is 24.8 Å². The summed E-state index contributed by atoms with van der Waals surface area (Å²) in [6, 6.07) is 9.88. The Morgan fingerprint density at radius 1 is 1.11 bits per heavy atom. The minimum atomic E-state index is -4.60. The summed E-state index contributed by atoms with van der Waals surface area (Å²) < 4.78 is 44.7. The first-order valence-corrected chi connectivity index (χ1v) is 8.50. The fraction of sp³-hybridized carbons (Fsp3) is 0.316. The summed E-state index contributed by atoms with van der Waals surface area (Å²) in [6.07, 6.45) is -4.60. The van der Waals surface area contributed by atoms with Crippen molar-refractivity contribution in [2.45, 2.75) is 6.18 Å². The van der Waals surface area contributed by atoms with Crippen molar-refractivity contribution in [1.29, 1.82) is 0 Å². The highest BCUT2D eigenvalue weighted by molar-refractivity contribution is 6.31. The number of rotatable bonds is 6. The van der Waals surface area contributed by atoms with Crippen LogP contribution in [0.4, 0.5) is 18.9 Å². The standard InChI is InChI=1S/C19H20ClF3N2O2/c1-24(2)9-10-27-15-6-4-5-13(11-15)18(26)25(3)14-7-8-17(20)16(12-14)19(21,22)23/h4-8,11-12H,9-10H2,1-3H3. The van der Waals surface area contributed by atoms with Gasteiger partial charge in [0.05, 0.1) is 10.6 Å². The number of hydrogen-bond donors (Lipinski definition) is 0. The Balaban J connectivity index is 2.20. The first-order chi connectivity index (χ1) is 12.6. The van der Waals surface area contributed by atoms with Crippen molar-refractivity contribution in [3.8, 4) is 5.75 Å². The third-order valence-electron chi connectivity index (χ3n) is 3.84. The molecule has 2 aromatic rings. The van der Waals surface area contributed by atoms with Crippen molar-refractivity contribution in [3.05, 3.63) is 58.6 Å². The Morgan fingerprint density at radius 2 is 1.81 bits per heavy atom. The molecule has 0 spiro atoms. The smallest absolute Gasteiger partial charge is 0.417 e. The Labute approximate surface area is 161 Å². The molecular formula is C19H20ClF3N2O2. The van der Waals surface area contributed by atoms with Crippen LogP contribution in [0, 0.1) is 0 Å². The Kier molecular flexibility index (Phi) is 6.73. The fourth-order valence-electron chi connectivity index (χ4n) is 2.32. The van der Waals surface area contributed by atoms with E-state index in [0.717, 1.165) is 17.0 Å². The summed E-state index contributed by atoms with van der Waals surface area (Å²) in [7, 11) is 5.24. The van der Waals surface area contributed by atoms with E-state index in [2.05, 4.69) is 0 Å². The zero-order chi connectivity index (χ0) is 20.2. The highest BCUT2D eigenvalue weighted by Crippen LogP contribution is 2.37. The van der Waals surface area contributed by atoms with E-state index in [-0.39, 0.29) is 5.69 Å². The lowest BCUT2D eigenvalue weighted by Crippen LogP contribution is -2.26. The van der Waals surface area contributed by atoms with Gasteiger partial charge in [-0.2, -0.15) is 13.2 Å². The van der Waals surface area contributed by atoms with Crippen LogP contribution in [0.2, 0.25) is 5.02 Å². The van der Waals surface area contributed by atoms with Crippen LogP contribution in [0.5, 0.6) is 5.75 Å². The van der Waals surface area contributed by atoms with Crippen molar-refractivity contribution < 1.29 is 22.7 Å². The maximum Gasteiger partial charge on any atom is 0.417 e. The second kappa shape index (κ2) is 8.63. The third-order valence-corrected chi connectivity index (χ3v) is 4.17. The van der Waals surface area contributed by atoms with Crippen molar-refractivity contribution in [2.24, 2.45) is 0 Å². The van der Waals surface area contributed by atoms with Gasteiger partial charge in [0.2, 0.25) is 0 Å². The van der Waals surface area contributed by atoms with Gasteiger partial charge in [0.25, 0.3) is 5.91 Å². The van der Waals surface area contributed by atoms with Crippen molar-refractivity contribution in [2.75, 3.05) is 39.2 Å². The molecule has 0 bridgehead atoms. The largest absolute Gasteiger partial charge is 0.492 e. The quantitative estimate of drug-likeness (QED) is 0.711. The highest BCUT2D eigenvalue weighted by atomic mass is 35.5. The van der Waals surface area contributed by atoms with E-state index in [9.17, 15) is 18.0 Å².